The number of nitrogens with zero attached hydrogens (tertiary/aromatic N) is 2. The molecule has 0 unspecified atom stereocenters. The van der Waals surface area contributed by atoms with Crippen LogP contribution in [-0.4, -0.2) is 35.6 Å². The topological polar surface area (TPSA) is 78.4 Å². The number of carbonyl (C=O) groups is 2. The van der Waals surface area contributed by atoms with Gasteiger partial charge in [0.2, 0.25) is 0 Å². The average Bonchev–Trinajstić information content (AvgIpc) is 2.73. The van der Waals surface area contributed by atoms with Crippen molar-refractivity contribution in [3.63, 3.8) is 0 Å². The van der Waals surface area contributed by atoms with Crippen LogP contribution in [-0.2, 0) is 9.47 Å². The summed E-state index contributed by atoms with van der Waals surface area (Å²) in [7, 11) is 1.33. The zero-order valence-electron chi connectivity index (χ0n) is 15.9. The van der Waals surface area contributed by atoms with Crippen LogP contribution in [0.1, 0.15) is 33.3 Å². The van der Waals surface area contributed by atoms with E-state index in [0.29, 0.717) is 33.9 Å². The lowest BCUT2D eigenvalue weighted by molar-refractivity contribution is 0.0524. The van der Waals surface area contributed by atoms with Crippen LogP contribution in [0.25, 0.3) is 22.6 Å². The van der Waals surface area contributed by atoms with Crippen LogP contribution in [0.4, 0.5) is 0 Å². The first-order valence-corrected chi connectivity index (χ1v) is 8.85. The Morgan fingerprint density at radius 2 is 1.57 bits per heavy atom. The number of rotatable bonds is 5. The minimum Gasteiger partial charge on any atom is -0.465 e. The van der Waals surface area contributed by atoms with E-state index >= 15 is 0 Å². The van der Waals surface area contributed by atoms with Gasteiger partial charge in [-0.05, 0) is 26.0 Å². The molecule has 0 saturated heterocycles. The van der Waals surface area contributed by atoms with Crippen molar-refractivity contribution in [1.82, 2.24) is 9.97 Å². The summed E-state index contributed by atoms with van der Waals surface area (Å²) in [6, 6.07) is 16.3. The number of ether oxygens (including phenoxy) is 2. The molecule has 0 atom stereocenters. The van der Waals surface area contributed by atoms with Crippen molar-refractivity contribution in [2.75, 3.05) is 13.7 Å². The van der Waals surface area contributed by atoms with Crippen LogP contribution in [0.5, 0.6) is 0 Å². The van der Waals surface area contributed by atoms with Crippen LogP contribution in [0.2, 0.25) is 0 Å². The normalized spacial score (nSPS) is 10.4. The van der Waals surface area contributed by atoms with Gasteiger partial charge in [0.1, 0.15) is 5.56 Å². The lowest BCUT2D eigenvalue weighted by Gasteiger charge is -2.13. The minimum atomic E-state index is -0.480. The van der Waals surface area contributed by atoms with Crippen molar-refractivity contribution < 1.29 is 19.1 Å². The molecule has 0 N–H and O–H groups in total. The standard InChI is InChI=1S/C22H20N2O4/c1-4-28-22(26)18-14(2)23-20(16-8-6-5-7-9-16)24-19(18)15-10-12-17(13-11-15)21(25)27-3/h5-13H,4H2,1-3H3. The predicted molar refractivity (Wildman–Crippen MR) is 105 cm³/mol. The number of methoxy groups -OCH3 is 1. The molecule has 1 heterocycles. The number of esters is 2. The number of carbonyl (C=O) groups excluding carboxylic acids is 2. The second-order valence-corrected chi connectivity index (χ2v) is 6.01. The summed E-state index contributed by atoms with van der Waals surface area (Å²) in [4.78, 5) is 33.4. The van der Waals surface area contributed by atoms with Crippen molar-refractivity contribution >= 4 is 11.9 Å². The van der Waals surface area contributed by atoms with Crippen LogP contribution in [0.15, 0.2) is 54.6 Å². The molecule has 0 fully saturated rings. The van der Waals surface area contributed by atoms with Crippen molar-refractivity contribution in [3.8, 4) is 22.6 Å². The summed E-state index contributed by atoms with van der Waals surface area (Å²) in [5.74, 6) is -0.397. The number of benzene rings is 2. The van der Waals surface area contributed by atoms with Crippen molar-refractivity contribution in [1.29, 1.82) is 0 Å². The van der Waals surface area contributed by atoms with E-state index in [0.717, 1.165) is 5.56 Å². The molecule has 0 spiro atoms. The fraction of sp³-hybridized carbons (Fsp3) is 0.182. The Hall–Kier alpha value is -3.54. The van der Waals surface area contributed by atoms with Gasteiger partial charge in [0, 0.05) is 11.1 Å². The van der Waals surface area contributed by atoms with Gasteiger partial charge in [-0.2, -0.15) is 0 Å². The number of aromatic nitrogens is 2. The summed E-state index contributed by atoms with van der Waals surface area (Å²) in [6.07, 6.45) is 0. The van der Waals surface area contributed by atoms with Gasteiger partial charge in [0.15, 0.2) is 5.82 Å². The van der Waals surface area contributed by atoms with Crippen molar-refractivity contribution in [2.24, 2.45) is 0 Å². The third-order valence-electron chi connectivity index (χ3n) is 4.18. The van der Waals surface area contributed by atoms with Gasteiger partial charge in [-0.3, -0.25) is 0 Å². The van der Waals surface area contributed by atoms with Gasteiger partial charge in [-0.25, -0.2) is 19.6 Å². The van der Waals surface area contributed by atoms with E-state index in [9.17, 15) is 9.59 Å². The molecule has 0 radical (unpaired) electrons. The van der Waals surface area contributed by atoms with Crippen LogP contribution in [0, 0.1) is 6.92 Å². The van der Waals surface area contributed by atoms with Crippen LogP contribution in [0.3, 0.4) is 0 Å². The summed E-state index contributed by atoms with van der Waals surface area (Å²) in [6.45, 7) is 3.75. The Morgan fingerprint density at radius 1 is 0.893 bits per heavy atom. The Kier molecular flexibility index (Phi) is 5.79. The molecule has 0 aliphatic heterocycles. The highest BCUT2D eigenvalue weighted by Gasteiger charge is 2.22. The smallest absolute Gasteiger partial charge is 0.342 e. The molecule has 0 bridgehead atoms. The van der Waals surface area contributed by atoms with Crippen molar-refractivity contribution in [2.45, 2.75) is 13.8 Å². The summed E-state index contributed by atoms with van der Waals surface area (Å²) >= 11 is 0. The van der Waals surface area contributed by atoms with Gasteiger partial charge < -0.3 is 9.47 Å². The van der Waals surface area contributed by atoms with Gasteiger partial charge in [0.25, 0.3) is 0 Å². The van der Waals surface area contributed by atoms with E-state index in [1.165, 1.54) is 7.11 Å². The highest BCUT2D eigenvalue weighted by atomic mass is 16.5. The summed E-state index contributed by atoms with van der Waals surface area (Å²) in [5, 5.41) is 0. The Labute approximate surface area is 163 Å². The lowest BCUT2D eigenvalue weighted by atomic mass is 10.0. The van der Waals surface area contributed by atoms with E-state index < -0.39 is 11.9 Å². The third-order valence-corrected chi connectivity index (χ3v) is 4.18. The Bertz CT molecular complexity index is 999. The van der Waals surface area contributed by atoms with Gasteiger partial charge >= 0.3 is 11.9 Å². The molecule has 3 aromatic rings. The largest absolute Gasteiger partial charge is 0.465 e. The Morgan fingerprint density at radius 3 is 2.18 bits per heavy atom. The molecular weight excluding hydrogens is 356 g/mol. The zero-order chi connectivity index (χ0) is 20.1. The molecule has 0 saturated carbocycles. The SMILES string of the molecule is CCOC(=O)c1c(C)nc(-c2ccccc2)nc1-c1ccc(C(=O)OC)cc1. The van der Waals surface area contributed by atoms with Gasteiger partial charge in [0.05, 0.1) is 30.7 Å². The summed E-state index contributed by atoms with van der Waals surface area (Å²) < 4.78 is 9.94. The fourth-order valence-corrected chi connectivity index (χ4v) is 2.83. The third kappa shape index (κ3) is 3.91. The molecule has 0 aliphatic rings. The molecular formula is C22H20N2O4. The molecule has 6 nitrogen and oxygen atoms in total. The maximum atomic E-state index is 12.6. The maximum Gasteiger partial charge on any atom is 0.342 e. The molecule has 0 aliphatic carbocycles. The maximum absolute atomic E-state index is 12.6. The molecule has 0 amide bonds. The quantitative estimate of drug-likeness (QED) is 0.624. The fourth-order valence-electron chi connectivity index (χ4n) is 2.83. The second kappa shape index (κ2) is 8.43. The first-order chi connectivity index (χ1) is 13.5. The van der Waals surface area contributed by atoms with E-state index in [4.69, 9.17) is 9.47 Å². The molecule has 28 heavy (non-hydrogen) atoms. The van der Waals surface area contributed by atoms with E-state index in [2.05, 4.69) is 9.97 Å². The molecule has 3 rings (SSSR count). The van der Waals surface area contributed by atoms with Crippen molar-refractivity contribution in [3.05, 3.63) is 71.4 Å². The average molecular weight is 376 g/mol. The molecule has 142 valence electrons. The first-order valence-electron chi connectivity index (χ1n) is 8.85. The number of aryl methyl sites for hydroxylation is 1. The number of hydrogen-bond acceptors (Lipinski definition) is 6. The van der Waals surface area contributed by atoms with E-state index in [-0.39, 0.29) is 6.61 Å². The molecule has 2 aromatic carbocycles. The van der Waals surface area contributed by atoms with Crippen LogP contribution >= 0.6 is 0 Å². The van der Waals surface area contributed by atoms with E-state index in [1.807, 2.05) is 30.3 Å². The van der Waals surface area contributed by atoms with E-state index in [1.54, 1.807) is 38.1 Å². The predicted octanol–water partition coefficient (Wildman–Crippen LogP) is 4.08. The second-order valence-electron chi connectivity index (χ2n) is 6.01. The minimum absolute atomic E-state index is 0.249. The monoisotopic (exact) mass is 376 g/mol. The number of hydrogen-bond donors (Lipinski definition) is 0. The summed E-state index contributed by atoms with van der Waals surface area (Å²) in [5.41, 5.74) is 3.23. The zero-order valence-corrected chi connectivity index (χ0v) is 15.9. The van der Waals surface area contributed by atoms with Gasteiger partial charge in [-0.1, -0.05) is 42.5 Å². The molecule has 1 aromatic heterocycles. The van der Waals surface area contributed by atoms with Crippen LogP contribution < -0.4 is 0 Å². The Balaban J connectivity index is 2.16. The first kappa shape index (κ1) is 19.2. The highest BCUT2D eigenvalue weighted by molar-refractivity contribution is 5.98. The lowest BCUT2D eigenvalue weighted by Crippen LogP contribution is -2.12. The molecule has 6 heteroatoms. The highest BCUT2D eigenvalue weighted by Crippen LogP contribution is 2.28. The van der Waals surface area contributed by atoms with Gasteiger partial charge in [-0.15, -0.1) is 0 Å².